The van der Waals surface area contributed by atoms with E-state index >= 15 is 0 Å². The smallest absolute Gasteiger partial charge is 0.148 e. The zero-order chi connectivity index (χ0) is 13.3. The van der Waals surface area contributed by atoms with E-state index < -0.39 is 5.60 Å². The van der Waals surface area contributed by atoms with Crippen LogP contribution < -0.4 is 10.5 Å². The van der Waals surface area contributed by atoms with Gasteiger partial charge in [0, 0.05) is 6.54 Å². The van der Waals surface area contributed by atoms with Gasteiger partial charge in [0.15, 0.2) is 0 Å². The predicted molar refractivity (Wildman–Crippen MR) is 78.6 cm³/mol. The van der Waals surface area contributed by atoms with Gasteiger partial charge < -0.3 is 15.6 Å². The second kappa shape index (κ2) is 5.49. The Balaban J connectivity index is 2.24. The molecule has 0 saturated heterocycles. The molecule has 1 aliphatic carbocycles. The van der Waals surface area contributed by atoms with Gasteiger partial charge in [-0.15, -0.1) is 0 Å². The first kappa shape index (κ1) is 14.3. The third kappa shape index (κ3) is 2.90. The van der Waals surface area contributed by atoms with Gasteiger partial charge in [0.05, 0.1) is 14.5 Å². The zero-order valence-corrected chi connectivity index (χ0v) is 13.4. The van der Waals surface area contributed by atoms with Gasteiger partial charge in [-0.25, -0.2) is 0 Å². The molecule has 1 aromatic rings. The average Bonchev–Trinajstić information content (AvgIpc) is 2.62. The van der Waals surface area contributed by atoms with Crippen LogP contribution in [0.25, 0.3) is 0 Å². The first-order valence-electron chi connectivity index (χ1n) is 6.01. The lowest BCUT2D eigenvalue weighted by Gasteiger charge is -2.27. The van der Waals surface area contributed by atoms with Crippen molar-refractivity contribution in [3.63, 3.8) is 0 Å². The summed E-state index contributed by atoms with van der Waals surface area (Å²) in [5.74, 6) is 0.736. The number of rotatable bonds is 3. The van der Waals surface area contributed by atoms with Gasteiger partial charge in [0.1, 0.15) is 11.9 Å². The SMILES string of the molecule is CC1(O)CCCC1Oc1c(Br)cc(CN)cc1Br. The number of halogens is 2. The maximum atomic E-state index is 10.2. The monoisotopic (exact) mass is 377 g/mol. The minimum atomic E-state index is -0.745. The first-order chi connectivity index (χ1) is 8.44. The third-order valence-corrected chi connectivity index (χ3v) is 4.57. The molecule has 1 aliphatic rings. The highest BCUT2D eigenvalue weighted by Gasteiger charge is 2.39. The van der Waals surface area contributed by atoms with E-state index in [0.29, 0.717) is 6.54 Å². The minimum Gasteiger partial charge on any atom is -0.485 e. The standard InChI is InChI=1S/C13H17Br2NO2/c1-13(17)4-2-3-11(13)18-12-9(14)5-8(7-16)6-10(12)15/h5-6,11,17H,2-4,7,16H2,1H3. The molecule has 0 radical (unpaired) electrons. The van der Waals surface area contributed by atoms with E-state index in [4.69, 9.17) is 10.5 Å². The Morgan fingerprint density at radius 1 is 1.44 bits per heavy atom. The summed E-state index contributed by atoms with van der Waals surface area (Å²) in [5.41, 5.74) is 5.90. The molecule has 1 fully saturated rings. The van der Waals surface area contributed by atoms with E-state index in [1.165, 1.54) is 0 Å². The molecule has 0 spiro atoms. The zero-order valence-electron chi connectivity index (χ0n) is 10.2. The van der Waals surface area contributed by atoms with Crippen molar-refractivity contribution in [3.05, 3.63) is 26.6 Å². The fourth-order valence-electron chi connectivity index (χ4n) is 2.29. The molecule has 3 N–H and O–H groups in total. The highest BCUT2D eigenvalue weighted by molar-refractivity contribution is 9.11. The molecule has 0 aromatic heterocycles. The summed E-state index contributed by atoms with van der Waals surface area (Å²) in [5, 5.41) is 10.2. The molecule has 0 amide bonds. The minimum absolute atomic E-state index is 0.158. The molecule has 2 unspecified atom stereocenters. The van der Waals surface area contributed by atoms with Crippen LogP contribution in [0.1, 0.15) is 31.7 Å². The van der Waals surface area contributed by atoms with Crippen molar-refractivity contribution < 1.29 is 9.84 Å². The molecule has 100 valence electrons. The van der Waals surface area contributed by atoms with Crippen molar-refractivity contribution in [1.29, 1.82) is 0 Å². The van der Waals surface area contributed by atoms with Gasteiger partial charge in [-0.1, -0.05) is 0 Å². The Morgan fingerprint density at radius 2 is 2.06 bits per heavy atom. The maximum Gasteiger partial charge on any atom is 0.148 e. The molecule has 2 rings (SSSR count). The van der Waals surface area contributed by atoms with Crippen LogP contribution in [0.15, 0.2) is 21.1 Å². The van der Waals surface area contributed by atoms with Crippen molar-refractivity contribution in [2.24, 2.45) is 5.73 Å². The molecular formula is C13H17Br2NO2. The van der Waals surface area contributed by atoms with Crippen LogP contribution in [0.4, 0.5) is 0 Å². The Labute approximate surface area is 124 Å². The van der Waals surface area contributed by atoms with E-state index in [1.54, 1.807) is 0 Å². The average molecular weight is 379 g/mol. The van der Waals surface area contributed by atoms with Gasteiger partial charge >= 0.3 is 0 Å². The Kier molecular flexibility index (Phi) is 4.36. The van der Waals surface area contributed by atoms with E-state index in [9.17, 15) is 5.11 Å². The summed E-state index contributed by atoms with van der Waals surface area (Å²) >= 11 is 6.98. The molecule has 5 heteroatoms. The summed E-state index contributed by atoms with van der Waals surface area (Å²) in [7, 11) is 0. The Bertz CT molecular complexity index is 426. The van der Waals surface area contributed by atoms with Crippen LogP contribution in [0.5, 0.6) is 5.75 Å². The molecule has 0 heterocycles. The van der Waals surface area contributed by atoms with Gasteiger partial charge in [0.2, 0.25) is 0 Å². The van der Waals surface area contributed by atoms with Gasteiger partial charge in [-0.05, 0) is 75.7 Å². The summed E-state index contributed by atoms with van der Waals surface area (Å²) in [6, 6.07) is 3.90. The number of ether oxygens (including phenoxy) is 1. The fraction of sp³-hybridized carbons (Fsp3) is 0.538. The Hall–Kier alpha value is -0.100. The van der Waals surface area contributed by atoms with E-state index in [0.717, 1.165) is 39.5 Å². The second-order valence-corrected chi connectivity index (χ2v) is 6.66. The van der Waals surface area contributed by atoms with Crippen molar-refractivity contribution in [2.45, 2.75) is 44.4 Å². The van der Waals surface area contributed by atoms with Crippen LogP contribution >= 0.6 is 31.9 Å². The molecule has 0 bridgehead atoms. The van der Waals surface area contributed by atoms with E-state index in [-0.39, 0.29) is 6.10 Å². The molecule has 3 nitrogen and oxygen atoms in total. The molecule has 1 saturated carbocycles. The topological polar surface area (TPSA) is 55.5 Å². The highest BCUT2D eigenvalue weighted by atomic mass is 79.9. The number of hydrogen-bond donors (Lipinski definition) is 2. The summed E-state index contributed by atoms with van der Waals surface area (Å²) in [6.07, 6.45) is 2.50. The van der Waals surface area contributed by atoms with Gasteiger partial charge in [0.25, 0.3) is 0 Å². The highest BCUT2D eigenvalue weighted by Crippen LogP contribution is 2.39. The first-order valence-corrected chi connectivity index (χ1v) is 7.59. The van der Waals surface area contributed by atoms with Crippen LogP contribution in [0, 0.1) is 0 Å². The lowest BCUT2D eigenvalue weighted by molar-refractivity contribution is -0.0257. The molecule has 18 heavy (non-hydrogen) atoms. The number of hydrogen-bond acceptors (Lipinski definition) is 3. The number of benzene rings is 1. The largest absolute Gasteiger partial charge is 0.485 e. The van der Waals surface area contributed by atoms with Crippen LogP contribution in [-0.2, 0) is 6.54 Å². The normalized spacial score (nSPS) is 27.5. The molecular weight excluding hydrogens is 362 g/mol. The summed E-state index contributed by atoms with van der Waals surface area (Å²) in [4.78, 5) is 0. The third-order valence-electron chi connectivity index (χ3n) is 3.40. The lowest BCUT2D eigenvalue weighted by atomic mass is 10.0. The second-order valence-electron chi connectivity index (χ2n) is 4.95. The van der Waals surface area contributed by atoms with Crippen LogP contribution in [0.2, 0.25) is 0 Å². The van der Waals surface area contributed by atoms with Gasteiger partial charge in [-0.2, -0.15) is 0 Å². The van der Waals surface area contributed by atoms with E-state index in [1.807, 2.05) is 19.1 Å². The Morgan fingerprint density at radius 3 is 2.50 bits per heavy atom. The summed E-state index contributed by atoms with van der Waals surface area (Å²) in [6.45, 7) is 2.32. The van der Waals surface area contributed by atoms with Crippen LogP contribution in [0.3, 0.4) is 0 Å². The molecule has 1 aromatic carbocycles. The quantitative estimate of drug-likeness (QED) is 0.847. The van der Waals surface area contributed by atoms with Gasteiger partial charge in [-0.3, -0.25) is 0 Å². The van der Waals surface area contributed by atoms with E-state index in [2.05, 4.69) is 31.9 Å². The van der Waals surface area contributed by atoms with Crippen molar-refractivity contribution >= 4 is 31.9 Å². The van der Waals surface area contributed by atoms with Crippen molar-refractivity contribution in [1.82, 2.24) is 0 Å². The van der Waals surface area contributed by atoms with Crippen LogP contribution in [-0.4, -0.2) is 16.8 Å². The number of aliphatic hydroxyl groups is 1. The molecule has 2 atom stereocenters. The van der Waals surface area contributed by atoms with Crippen molar-refractivity contribution in [2.75, 3.05) is 0 Å². The lowest BCUT2D eigenvalue weighted by Crippen LogP contribution is -2.38. The fourth-order valence-corrected chi connectivity index (χ4v) is 3.76. The van der Waals surface area contributed by atoms with Crippen molar-refractivity contribution in [3.8, 4) is 5.75 Å². The number of nitrogens with two attached hydrogens (primary N) is 1. The summed E-state index contributed by atoms with van der Waals surface area (Å²) < 4.78 is 7.69. The predicted octanol–water partition coefficient (Wildman–Crippen LogP) is 3.35. The molecule has 0 aliphatic heterocycles. The maximum absolute atomic E-state index is 10.2.